The van der Waals surface area contributed by atoms with Gasteiger partial charge in [-0.15, -0.1) is 0 Å². The molecule has 1 rings (SSSR count). The lowest BCUT2D eigenvalue weighted by Gasteiger charge is -2.17. The molecule has 0 aliphatic heterocycles. The Bertz CT molecular complexity index is 410. The van der Waals surface area contributed by atoms with E-state index in [2.05, 4.69) is 31.1 Å². The third kappa shape index (κ3) is 5.81. The molecule has 1 unspecified atom stereocenters. The van der Waals surface area contributed by atoms with Crippen molar-refractivity contribution in [2.45, 2.75) is 45.3 Å². The fourth-order valence-electron chi connectivity index (χ4n) is 1.63. The van der Waals surface area contributed by atoms with Crippen LogP contribution in [0.15, 0.2) is 18.3 Å². The zero-order valence-corrected chi connectivity index (χ0v) is 11.7. The quantitative estimate of drug-likeness (QED) is 0.723. The molecule has 5 heteroatoms. The number of hydrogen-bond donors (Lipinski definition) is 3. The van der Waals surface area contributed by atoms with E-state index in [0.29, 0.717) is 6.54 Å². The van der Waals surface area contributed by atoms with Crippen LogP contribution in [0.2, 0.25) is 0 Å². The van der Waals surface area contributed by atoms with Gasteiger partial charge in [0.1, 0.15) is 0 Å². The first-order chi connectivity index (χ1) is 8.79. The Morgan fingerprint density at radius 2 is 2.11 bits per heavy atom. The predicted molar refractivity (Wildman–Crippen MR) is 72.9 cm³/mol. The summed E-state index contributed by atoms with van der Waals surface area (Å²) in [7, 11) is 0. The number of aliphatic hydroxyl groups excluding tert-OH is 1. The molecule has 0 aromatic carbocycles. The first-order valence-electron chi connectivity index (χ1n) is 6.35. The summed E-state index contributed by atoms with van der Waals surface area (Å²) < 4.78 is 0. The molecule has 0 aliphatic rings. The zero-order chi connectivity index (χ0) is 14.5. The van der Waals surface area contributed by atoms with Crippen LogP contribution in [-0.4, -0.2) is 33.8 Å². The summed E-state index contributed by atoms with van der Waals surface area (Å²) in [6.07, 6.45) is 0.699. The molecule has 0 fully saturated rings. The molecule has 1 atom stereocenters. The van der Waals surface area contributed by atoms with Gasteiger partial charge in [-0.05, 0) is 11.6 Å². The Morgan fingerprint density at radius 1 is 1.42 bits per heavy atom. The number of rotatable bonds is 6. The Labute approximate surface area is 113 Å². The Kier molecular flexibility index (Phi) is 5.44. The molecule has 5 nitrogen and oxygen atoms in total. The van der Waals surface area contributed by atoms with E-state index in [1.165, 1.54) is 0 Å². The molecular weight excluding hydrogens is 244 g/mol. The summed E-state index contributed by atoms with van der Waals surface area (Å²) in [6.45, 7) is 7.14. The number of carbonyl (C=O) groups is 1. The van der Waals surface area contributed by atoms with Crippen LogP contribution in [0.4, 0.5) is 0 Å². The summed E-state index contributed by atoms with van der Waals surface area (Å²) >= 11 is 0. The SMILES string of the molecule is CC(C)(C)c1ccc(CNCC(O)CC(=O)O)cn1. The van der Waals surface area contributed by atoms with Crippen LogP contribution in [0.3, 0.4) is 0 Å². The summed E-state index contributed by atoms with van der Waals surface area (Å²) in [6, 6.07) is 3.98. The van der Waals surface area contributed by atoms with Crippen molar-refractivity contribution in [2.24, 2.45) is 0 Å². The molecule has 0 bridgehead atoms. The van der Waals surface area contributed by atoms with Crippen LogP contribution in [0, 0.1) is 0 Å². The number of carboxylic acid groups (broad SMARTS) is 1. The second-order valence-electron chi connectivity index (χ2n) is 5.68. The molecule has 1 aromatic rings. The average Bonchev–Trinajstić information content (AvgIpc) is 2.27. The fourth-order valence-corrected chi connectivity index (χ4v) is 1.63. The number of aromatic nitrogens is 1. The minimum Gasteiger partial charge on any atom is -0.481 e. The molecule has 0 spiro atoms. The van der Waals surface area contributed by atoms with E-state index in [-0.39, 0.29) is 18.4 Å². The maximum Gasteiger partial charge on any atom is 0.306 e. The molecule has 19 heavy (non-hydrogen) atoms. The highest BCUT2D eigenvalue weighted by Gasteiger charge is 2.14. The smallest absolute Gasteiger partial charge is 0.306 e. The highest BCUT2D eigenvalue weighted by atomic mass is 16.4. The van der Waals surface area contributed by atoms with Crippen LogP contribution < -0.4 is 5.32 Å². The van der Waals surface area contributed by atoms with Gasteiger partial charge < -0.3 is 15.5 Å². The summed E-state index contributed by atoms with van der Waals surface area (Å²) in [5, 5.41) is 20.9. The topological polar surface area (TPSA) is 82.5 Å². The van der Waals surface area contributed by atoms with Gasteiger partial charge in [0.05, 0.1) is 12.5 Å². The number of aliphatic hydroxyl groups is 1. The molecule has 0 amide bonds. The first-order valence-corrected chi connectivity index (χ1v) is 6.35. The van der Waals surface area contributed by atoms with Gasteiger partial charge >= 0.3 is 5.97 Å². The molecule has 1 heterocycles. The van der Waals surface area contributed by atoms with Gasteiger partial charge in [-0.1, -0.05) is 26.8 Å². The van der Waals surface area contributed by atoms with Crippen LogP contribution in [-0.2, 0) is 16.8 Å². The molecule has 0 saturated heterocycles. The van der Waals surface area contributed by atoms with Crippen molar-refractivity contribution < 1.29 is 15.0 Å². The number of nitrogens with zero attached hydrogens (tertiary/aromatic N) is 1. The molecule has 0 saturated carbocycles. The van der Waals surface area contributed by atoms with Gasteiger partial charge in [-0.25, -0.2) is 0 Å². The highest BCUT2D eigenvalue weighted by molar-refractivity contribution is 5.67. The van der Waals surface area contributed by atoms with E-state index >= 15 is 0 Å². The summed E-state index contributed by atoms with van der Waals surface area (Å²) in [4.78, 5) is 14.8. The second kappa shape index (κ2) is 6.63. The monoisotopic (exact) mass is 266 g/mol. The van der Waals surface area contributed by atoms with Crippen molar-refractivity contribution in [3.05, 3.63) is 29.6 Å². The largest absolute Gasteiger partial charge is 0.481 e. The molecule has 0 radical (unpaired) electrons. The third-order valence-electron chi connectivity index (χ3n) is 2.71. The molecule has 0 aliphatic carbocycles. The van der Waals surface area contributed by atoms with E-state index in [1.54, 1.807) is 6.20 Å². The Balaban J connectivity index is 2.40. The summed E-state index contributed by atoms with van der Waals surface area (Å²) in [5.41, 5.74) is 2.07. The number of pyridine rings is 1. The zero-order valence-electron chi connectivity index (χ0n) is 11.7. The van der Waals surface area contributed by atoms with Crippen molar-refractivity contribution in [3.63, 3.8) is 0 Å². The minimum atomic E-state index is -0.995. The van der Waals surface area contributed by atoms with Crippen molar-refractivity contribution >= 4 is 5.97 Å². The van der Waals surface area contributed by atoms with E-state index in [0.717, 1.165) is 11.3 Å². The second-order valence-corrected chi connectivity index (χ2v) is 5.68. The van der Waals surface area contributed by atoms with Crippen molar-refractivity contribution in [3.8, 4) is 0 Å². The van der Waals surface area contributed by atoms with Gasteiger partial charge in [-0.2, -0.15) is 0 Å². The van der Waals surface area contributed by atoms with Gasteiger partial charge in [0.25, 0.3) is 0 Å². The maximum absolute atomic E-state index is 10.4. The third-order valence-corrected chi connectivity index (χ3v) is 2.71. The molecule has 3 N–H and O–H groups in total. The maximum atomic E-state index is 10.4. The van der Waals surface area contributed by atoms with Crippen molar-refractivity contribution in [1.29, 1.82) is 0 Å². The van der Waals surface area contributed by atoms with Crippen molar-refractivity contribution in [1.82, 2.24) is 10.3 Å². The van der Waals surface area contributed by atoms with Crippen LogP contribution in [0.5, 0.6) is 0 Å². The number of hydrogen-bond acceptors (Lipinski definition) is 4. The van der Waals surface area contributed by atoms with Crippen LogP contribution in [0.25, 0.3) is 0 Å². The summed E-state index contributed by atoms with van der Waals surface area (Å²) in [5.74, 6) is -0.995. The average molecular weight is 266 g/mol. The first kappa shape index (κ1) is 15.6. The lowest BCUT2D eigenvalue weighted by Crippen LogP contribution is -2.28. The van der Waals surface area contributed by atoms with E-state index in [1.807, 2.05) is 12.1 Å². The number of nitrogens with one attached hydrogen (secondary N) is 1. The number of carboxylic acids is 1. The van der Waals surface area contributed by atoms with Gasteiger partial charge in [-0.3, -0.25) is 9.78 Å². The lowest BCUT2D eigenvalue weighted by atomic mass is 9.91. The van der Waals surface area contributed by atoms with E-state index < -0.39 is 12.1 Å². The predicted octanol–water partition coefficient (Wildman–Crippen LogP) is 1.30. The van der Waals surface area contributed by atoms with Gasteiger partial charge in [0.2, 0.25) is 0 Å². The molecule has 1 aromatic heterocycles. The normalized spacial score (nSPS) is 13.3. The highest BCUT2D eigenvalue weighted by Crippen LogP contribution is 2.19. The van der Waals surface area contributed by atoms with E-state index in [9.17, 15) is 9.90 Å². The fraction of sp³-hybridized carbons (Fsp3) is 0.571. The van der Waals surface area contributed by atoms with Crippen LogP contribution in [0.1, 0.15) is 38.4 Å². The minimum absolute atomic E-state index is 0.0314. The van der Waals surface area contributed by atoms with E-state index in [4.69, 9.17) is 5.11 Å². The van der Waals surface area contributed by atoms with Gasteiger partial charge in [0.15, 0.2) is 0 Å². The standard InChI is InChI=1S/C14H22N2O3/c1-14(2,3)12-5-4-10(8-16-12)7-15-9-11(17)6-13(18)19/h4-5,8,11,15,17H,6-7,9H2,1-3H3,(H,18,19). The van der Waals surface area contributed by atoms with Crippen molar-refractivity contribution in [2.75, 3.05) is 6.54 Å². The number of aliphatic carboxylic acids is 1. The Hall–Kier alpha value is -1.46. The Morgan fingerprint density at radius 3 is 2.58 bits per heavy atom. The molecule has 106 valence electrons. The van der Waals surface area contributed by atoms with Crippen LogP contribution >= 0.6 is 0 Å². The van der Waals surface area contributed by atoms with Gasteiger partial charge in [0, 0.05) is 30.4 Å². The lowest BCUT2D eigenvalue weighted by molar-refractivity contribution is -0.139. The molecular formula is C14H22N2O3.